The fourth-order valence-electron chi connectivity index (χ4n) is 3.14. The molecule has 180 valence electrons. The van der Waals surface area contributed by atoms with Crippen LogP contribution < -0.4 is 0 Å². The van der Waals surface area contributed by atoms with Crippen LogP contribution in [-0.2, 0) is 16.5 Å². The van der Waals surface area contributed by atoms with Crippen molar-refractivity contribution in [1.82, 2.24) is 0 Å². The fraction of sp³-hybridized carbons (Fsp3) is 1.00. The third kappa shape index (κ3) is 11.1. The molecule has 30 heavy (non-hydrogen) atoms. The summed E-state index contributed by atoms with van der Waals surface area (Å²) < 4.78 is 138. The molecule has 1 aliphatic heterocycles. The number of rotatable bonds is 6. The van der Waals surface area contributed by atoms with Gasteiger partial charge in [0.05, 0.1) is 0 Å². The molecular weight excluding hydrogens is 503 g/mol. The van der Waals surface area contributed by atoms with Crippen LogP contribution in [0.2, 0.25) is 44.3 Å². The van der Waals surface area contributed by atoms with E-state index in [-0.39, 0.29) is 0 Å². The fourth-order valence-corrected chi connectivity index (χ4v) is 23.3. The standard InChI is InChI=1S/C13H25F9O4Si4/c1-27-23-28(2,8-5-11(14,15)16)25-30(4,10-7-13(20,21)22)26-29(3,24-27)9-6-12(17,18)19/h27H,5-10H2,1-4H3. The van der Waals surface area contributed by atoms with Crippen LogP contribution in [0.5, 0.6) is 0 Å². The van der Waals surface area contributed by atoms with E-state index in [1.165, 1.54) is 26.2 Å². The first kappa shape index (κ1) is 28.1. The molecule has 0 N–H and O–H groups in total. The normalized spacial score (nSPS) is 34.5. The Kier molecular flexibility index (Phi) is 8.92. The topological polar surface area (TPSA) is 36.9 Å². The average Bonchev–Trinajstić information content (AvgIpc) is 2.46. The van der Waals surface area contributed by atoms with Crippen LogP contribution in [0.1, 0.15) is 19.3 Å². The predicted octanol–water partition coefficient (Wildman–Crippen LogP) is 5.99. The van der Waals surface area contributed by atoms with E-state index in [4.69, 9.17) is 16.5 Å². The van der Waals surface area contributed by atoms with Gasteiger partial charge in [0, 0.05) is 19.3 Å². The first-order valence-electron chi connectivity index (χ1n) is 9.10. The molecule has 4 nitrogen and oxygen atoms in total. The molecule has 0 aliphatic carbocycles. The van der Waals surface area contributed by atoms with Crippen molar-refractivity contribution in [2.45, 2.75) is 82.1 Å². The molecule has 17 heteroatoms. The summed E-state index contributed by atoms with van der Waals surface area (Å²) in [6, 6.07) is -1.83. The molecule has 1 heterocycles. The van der Waals surface area contributed by atoms with Crippen LogP contribution in [0, 0.1) is 0 Å². The lowest BCUT2D eigenvalue weighted by Gasteiger charge is -2.47. The van der Waals surface area contributed by atoms with Gasteiger partial charge in [0.1, 0.15) is 0 Å². The third-order valence-electron chi connectivity index (χ3n) is 4.28. The van der Waals surface area contributed by atoms with E-state index in [9.17, 15) is 39.5 Å². The van der Waals surface area contributed by atoms with Gasteiger partial charge in [-0.1, -0.05) is 0 Å². The van der Waals surface area contributed by atoms with Crippen LogP contribution in [0.4, 0.5) is 39.5 Å². The van der Waals surface area contributed by atoms with Crippen LogP contribution in [0.25, 0.3) is 0 Å². The first-order chi connectivity index (χ1) is 13.1. The van der Waals surface area contributed by atoms with Crippen molar-refractivity contribution < 1.29 is 56.0 Å². The molecule has 1 saturated heterocycles. The van der Waals surface area contributed by atoms with Crippen molar-refractivity contribution in [2.75, 3.05) is 0 Å². The average molecular weight is 529 g/mol. The molecule has 0 aromatic rings. The van der Waals surface area contributed by atoms with Gasteiger partial charge in [-0.3, -0.25) is 0 Å². The van der Waals surface area contributed by atoms with E-state index >= 15 is 0 Å². The van der Waals surface area contributed by atoms with Gasteiger partial charge in [-0.15, -0.1) is 0 Å². The monoisotopic (exact) mass is 528 g/mol. The Morgan fingerprint density at radius 3 is 1.10 bits per heavy atom. The molecule has 1 rings (SSSR count). The molecule has 0 bridgehead atoms. The Bertz CT molecular complexity index is 538. The Labute approximate surface area is 173 Å². The molecule has 0 radical (unpaired) electrons. The summed E-state index contributed by atoms with van der Waals surface area (Å²) in [4.78, 5) is 0. The maximum absolute atomic E-state index is 12.8. The Balaban J connectivity index is 3.16. The van der Waals surface area contributed by atoms with Gasteiger partial charge in [-0.25, -0.2) is 0 Å². The van der Waals surface area contributed by atoms with Crippen molar-refractivity contribution in [1.29, 1.82) is 0 Å². The largest absolute Gasteiger partial charge is 0.418 e. The molecule has 0 spiro atoms. The molecule has 2 unspecified atom stereocenters. The highest BCUT2D eigenvalue weighted by Crippen LogP contribution is 2.38. The van der Waals surface area contributed by atoms with E-state index in [1.807, 2.05) is 0 Å². The van der Waals surface area contributed by atoms with Crippen LogP contribution >= 0.6 is 0 Å². The van der Waals surface area contributed by atoms with Gasteiger partial charge in [0.2, 0.25) is 0 Å². The summed E-state index contributed by atoms with van der Waals surface area (Å²) in [6.07, 6.45) is -17.5. The van der Waals surface area contributed by atoms with Gasteiger partial charge in [0.25, 0.3) is 0 Å². The van der Waals surface area contributed by atoms with Gasteiger partial charge >= 0.3 is 53.5 Å². The Morgan fingerprint density at radius 1 is 0.567 bits per heavy atom. The summed E-state index contributed by atoms with van der Waals surface area (Å²) in [7, 11) is -14.0. The molecule has 0 amide bonds. The Hall–Kier alpha value is 0.0775. The summed E-state index contributed by atoms with van der Waals surface area (Å²) >= 11 is 0. The van der Waals surface area contributed by atoms with Crippen molar-refractivity contribution in [3.05, 3.63) is 0 Å². The molecule has 2 atom stereocenters. The van der Waals surface area contributed by atoms with Crippen molar-refractivity contribution in [2.24, 2.45) is 0 Å². The maximum atomic E-state index is 12.8. The lowest BCUT2D eigenvalue weighted by Crippen LogP contribution is -2.63. The molecular formula is C13H25F9O4Si4. The van der Waals surface area contributed by atoms with Crippen molar-refractivity contribution in [3.8, 4) is 0 Å². The molecule has 0 aromatic carbocycles. The molecule has 1 fully saturated rings. The zero-order chi connectivity index (χ0) is 23.6. The maximum Gasteiger partial charge on any atom is 0.389 e. The first-order valence-corrected chi connectivity index (χ1v) is 18.8. The SMILES string of the molecule is C[SiH]1O[Si](C)(CCC(F)(F)F)O[Si](C)(CCC(F)(F)F)O[Si](C)(CCC(F)(F)F)O1. The van der Waals surface area contributed by atoms with Gasteiger partial charge in [-0.05, 0) is 44.3 Å². The van der Waals surface area contributed by atoms with Gasteiger partial charge in [-0.2, -0.15) is 39.5 Å². The minimum atomic E-state index is -4.59. The second-order valence-corrected chi connectivity index (χ2v) is 20.7. The quantitative estimate of drug-likeness (QED) is 0.314. The number of hydrogen-bond donors (Lipinski definition) is 0. The van der Waals surface area contributed by atoms with Crippen molar-refractivity contribution >= 4 is 35.0 Å². The number of alkyl halides is 9. The van der Waals surface area contributed by atoms with E-state index in [2.05, 4.69) is 0 Å². The Morgan fingerprint density at radius 2 is 0.833 bits per heavy atom. The van der Waals surface area contributed by atoms with Crippen LogP contribution in [0.3, 0.4) is 0 Å². The van der Waals surface area contributed by atoms with E-state index < -0.39 is 90.9 Å². The van der Waals surface area contributed by atoms with E-state index in [0.29, 0.717) is 0 Å². The number of hydrogen-bond acceptors (Lipinski definition) is 4. The lowest BCUT2D eigenvalue weighted by molar-refractivity contribution is -0.132. The molecule has 0 aromatic heterocycles. The highest BCUT2D eigenvalue weighted by atomic mass is 28.5. The molecule has 1 aliphatic rings. The van der Waals surface area contributed by atoms with E-state index in [1.54, 1.807) is 0 Å². The van der Waals surface area contributed by atoms with E-state index in [0.717, 1.165) is 0 Å². The summed E-state index contributed by atoms with van der Waals surface area (Å²) in [6.45, 7) is 5.26. The highest BCUT2D eigenvalue weighted by molar-refractivity contribution is 6.90. The molecule has 0 saturated carbocycles. The third-order valence-corrected chi connectivity index (χ3v) is 21.3. The predicted molar refractivity (Wildman–Crippen MR) is 98.6 cm³/mol. The summed E-state index contributed by atoms with van der Waals surface area (Å²) in [5, 5.41) is 0. The number of halogens is 9. The lowest BCUT2D eigenvalue weighted by atomic mass is 10.5. The second kappa shape index (κ2) is 9.52. The highest BCUT2D eigenvalue weighted by Gasteiger charge is 2.54. The van der Waals surface area contributed by atoms with Crippen LogP contribution in [-0.4, -0.2) is 53.5 Å². The zero-order valence-electron chi connectivity index (χ0n) is 16.9. The van der Waals surface area contributed by atoms with Gasteiger partial charge in [0.15, 0.2) is 0 Å². The minimum Gasteiger partial charge on any atom is -0.418 e. The van der Waals surface area contributed by atoms with Gasteiger partial charge < -0.3 is 16.5 Å². The van der Waals surface area contributed by atoms with Crippen molar-refractivity contribution in [3.63, 3.8) is 0 Å². The van der Waals surface area contributed by atoms with Crippen LogP contribution in [0.15, 0.2) is 0 Å². The summed E-state index contributed by atoms with van der Waals surface area (Å²) in [5.74, 6) is 0. The second-order valence-electron chi connectivity index (χ2n) is 7.75. The summed E-state index contributed by atoms with van der Waals surface area (Å²) in [5.41, 5.74) is 0. The smallest absolute Gasteiger partial charge is 0.389 e. The zero-order valence-corrected chi connectivity index (χ0v) is 21.0. The minimum absolute atomic E-state index is 0.573.